The molecule has 33 heavy (non-hydrogen) atoms. The standard InChI is InChI=1S/C25H29N7.HI/c1-2-27-25(28-16-21-8-10-22(11-9-21)18-31-15-13-26-20-31)29-17-23-6-3-4-7-24(23)19-32-14-5-12-30-32;/h3-15,20H,2,16-19H2,1H3,(H2,27,28,29);1H. The molecule has 0 unspecified atom stereocenters. The van der Waals surface area contributed by atoms with Crippen LogP contribution in [-0.4, -0.2) is 31.8 Å². The van der Waals surface area contributed by atoms with Gasteiger partial charge in [-0.3, -0.25) is 4.68 Å². The Morgan fingerprint density at radius 1 is 0.879 bits per heavy atom. The Bertz CT molecular complexity index is 1100. The van der Waals surface area contributed by atoms with Crippen LogP contribution in [0.5, 0.6) is 0 Å². The van der Waals surface area contributed by atoms with E-state index in [2.05, 4.69) is 80.7 Å². The predicted molar refractivity (Wildman–Crippen MR) is 143 cm³/mol. The van der Waals surface area contributed by atoms with Gasteiger partial charge in [0.2, 0.25) is 0 Å². The number of rotatable bonds is 9. The molecule has 7 nitrogen and oxygen atoms in total. The normalized spacial score (nSPS) is 11.1. The average Bonchev–Trinajstić information content (AvgIpc) is 3.52. The van der Waals surface area contributed by atoms with Crippen molar-refractivity contribution in [1.82, 2.24) is 30.0 Å². The molecule has 0 saturated heterocycles. The fraction of sp³-hybridized carbons (Fsp3) is 0.240. The number of hydrogen-bond acceptors (Lipinski definition) is 3. The Balaban J connectivity index is 0.00000306. The van der Waals surface area contributed by atoms with Crippen molar-refractivity contribution in [2.24, 2.45) is 4.99 Å². The van der Waals surface area contributed by atoms with E-state index in [1.165, 1.54) is 22.3 Å². The number of halogens is 1. The van der Waals surface area contributed by atoms with Gasteiger partial charge in [0.15, 0.2) is 5.96 Å². The van der Waals surface area contributed by atoms with Crippen LogP contribution in [0.4, 0.5) is 0 Å². The first-order valence-corrected chi connectivity index (χ1v) is 10.9. The number of hydrogen-bond donors (Lipinski definition) is 2. The van der Waals surface area contributed by atoms with E-state index in [-0.39, 0.29) is 24.0 Å². The van der Waals surface area contributed by atoms with Crippen LogP contribution in [0.25, 0.3) is 0 Å². The Morgan fingerprint density at radius 2 is 1.67 bits per heavy atom. The second kappa shape index (κ2) is 12.8. The summed E-state index contributed by atoms with van der Waals surface area (Å²) in [5, 5.41) is 11.1. The number of imidazole rings is 1. The highest BCUT2D eigenvalue weighted by Crippen LogP contribution is 2.11. The zero-order valence-corrected chi connectivity index (χ0v) is 21.1. The minimum atomic E-state index is 0. The summed E-state index contributed by atoms with van der Waals surface area (Å²) < 4.78 is 4.00. The van der Waals surface area contributed by atoms with Crippen molar-refractivity contribution in [3.8, 4) is 0 Å². The molecule has 2 aromatic carbocycles. The molecule has 0 saturated carbocycles. The third-order valence-corrected chi connectivity index (χ3v) is 5.17. The van der Waals surface area contributed by atoms with Crippen LogP contribution in [0, 0.1) is 0 Å². The zero-order valence-electron chi connectivity index (χ0n) is 18.8. The number of nitrogens with one attached hydrogen (secondary N) is 2. The van der Waals surface area contributed by atoms with E-state index in [0.717, 1.165) is 25.6 Å². The monoisotopic (exact) mass is 555 g/mol. The molecule has 4 rings (SSSR count). The van der Waals surface area contributed by atoms with Gasteiger partial charge < -0.3 is 15.2 Å². The van der Waals surface area contributed by atoms with E-state index in [0.29, 0.717) is 13.1 Å². The molecule has 0 aliphatic rings. The maximum Gasteiger partial charge on any atom is 0.191 e. The molecule has 2 heterocycles. The van der Waals surface area contributed by atoms with Gasteiger partial charge in [0, 0.05) is 44.4 Å². The Labute approximate surface area is 212 Å². The zero-order chi connectivity index (χ0) is 22.0. The summed E-state index contributed by atoms with van der Waals surface area (Å²) in [5.74, 6) is 0.809. The van der Waals surface area contributed by atoms with Gasteiger partial charge in [-0.1, -0.05) is 48.5 Å². The Morgan fingerprint density at radius 3 is 2.36 bits per heavy atom. The van der Waals surface area contributed by atoms with Gasteiger partial charge in [0.25, 0.3) is 0 Å². The Hall–Kier alpha value is -3.14. The molecular formula is C25H30IN7. The smallest absolute Gasteiger partial charge is 0.191 e. The minimum Gasteiger partial charge on any atom is -0.357 e. The highest BCUT2D eigenvalue weighted by molar-refractivity contribution is 14.0. The molecule has 172 valence electrons. The maximum atomic E-state index is 4.77. The molecule has 0 radical (unpaired) electrons. The van der Waals surface area contributed by atoms with Crippen molar-refractivity contribution in [3.63, 3.8) is 0 Å². The number of guanidine groups is 1. The van der Waals surface area contributed by atoms with Crippen LogP contribution in [0.3, 0.4) is 0 Å². The Kier molecular flexibility index (Phi) is 9.49. The fourth-order valence-electron chi connectivity index (χ4n) is 3.48. The first-order chi connectivity index (χ1) is 15.8. The van der Waals surface area contributed by atoms with Crippen molar-refractivity contribution < 1.29 is 0 Å². The van der Waals surface area contributed by atoms with E-state index >= 15 is 0 Å². The largest absolute Gasteiger partial charge is 0.357 e. The minimum absolute atomic E-state index is 0. The summed E-state index contributed by atoms with van der Waals surface area (Å²) in [6.45, 7) is 5.79. The maximum absolute atomic E-state index is 4.77. The molecule has 0 bridgehead atoms. The number of benzene rings is 2. The van der Waals surface area contributed by atoms with Gasteiger partial charge in [-0.15, -0.1) is 24.0 Å². The van der Waals surface area contributed by atoms with Crippen molar-refractivity contribution in [1.29, 1.82) is 0 Å². The second-order valence-electron chi connectivity index (χ2n) is 7.57. The second-order valence-corrected chi connectivity index (χ2v) is 7.57. The molecule has 2 aromatic heterocycles. The molecule has 4 aromatic rings. The highest BCUT2D eigenvalue weighted by Gasteiger charge is 2.05. The van der Waals surface area contributed by atoms with E-state index < -0.39 is 0 Å². The summed E-state index contributed by atoms with van der Waals surface area (Å²) in [5.41, 5.74) is 4.90. The first-order valence-electron chi connectivity index (χ1n) is 10.9. The lowest BCUT2D eigenvalue weighted by Crippen LogP contribution is -2.37. The lowest BCUT2D eigenvalue weighted by molar-refractivity contribution is 0.677. The third-order valence-electron chi connectivity index (χ3n) is 5.17. The fourth-order valence-corrected chi connectivity index (χ4v) is 3.48. The molecule has 2 N–H and O–H groups in total. The van der Waals surface area contributed by atoms with Gasteiger partial charge in [0.1, 0.15) is 0 Å². The number of aliphatic imine (C=N–C) groups is 1. The summed E-state index contributed by atoms with van der Waals surface area (Å²) in [6.07, 6.45) is 9.39. The summed E-state index contributed by atoms with van der Waals surface area (Å²) in [6, 6.07) is 18.9. The van der Waals surface area contributed by atoms with Crippen molar-refractivity contribution >= 4 is 29.9 Å². The van der Waals surface area contributed by atoms with Gasteiger partial charge in [0.05, 0.1) is 19.4 Å². The van der Waals surface area contributed by atoms with E-state index in [4.69, 9.17) is 4.99 Å². The molecular weight excluding hydrogens is 525 g/mol. The quantitative estimate of drug-likeness (QED) is 0.186. The van der Waals surface area contributed by atoms with Gasteiger partial charge in [-0.2, -0.15) is 5.10 Å². The molecule has 0 amide bonds. The van der Waals surface area contributed by atoms with E-state index in [1.807, 2.05) is 29.5 Å². The molecule has 0 aliphatic carbocycles. The third kappa shape index (κ3) is 7.45. The topological polar surface area (TPSA) is 72.1 Å². The van der Waals surface area contributed by atoms with E-state index in [9.17, 15) is 0 Å². The van der Waals surface area contributed by atoms with Crippen LogP contribution in [0.1, 0.15) is 29.2 Å². The molecule has 0 fully saturated rings. The molecule has 0 atom stereocenters. The van der Waals surface area contributed by atoms with Crippen molar-refractivity contribution in [3.05, 3.63) is 108 Å². The molecule has 8 heteroatoms. The van der Waals surface area contributed by atoms with Crippen molar-refractivity contribution in [2.75, 3.05) is 6.54 Å². The molecule has 0 aliphatic heterocycles. The number of nitrogens with zero attached hydrogens (tertiary/aromatic N) is 5. The van der Waals surface area contributed by atoms with Crippen LogP contribution in [0.2, 0.25) is 0 Å². The SMILES string of the molecule is CCNC(=NCc1ccc(Cn2ccnc2)cc1)NCc1ccccc1Cn1cccn1.I. The van der Waals surface area contributed by atoms with Crippen LogP contribution < -0.4 is 10.6 Å². The van der Waals surface area contributed by atoms with Crippen LogP contribution >= 0.6 is 24.0 Å². The van der Waals surface area contributed by atoms with Gasteiger partial charge >= 0.3 is 0 Å². The van der Waals surface area contributed by atoms with Crippen LogP contribution in [0.15, 0.2) is 90.7 Å². The summed E-state index contributed by atoms with van der Waals surface area (Å²) in [7, 11) is 0. The lowest BCUT2D eigenvalue weighted by Gasteiger charge is -2.14. The number of aromatic nitrogens is 4. The summed E-state index contributed by atoms with van der Waals surface area (Å²) >= 11 is 0. The lowest BCUT2D eigenvalue weighted by atomic mass is 10.1. The summed E-state index contributed by atoms with van der Waals surface area (Å²) in [4.78, 5) is 8.86. The van der Waals surface area contributed by atoms with E-state index in [1.54, 1.807) is 12.4 Å². The predicted octanol–water partition coefficient (Wildman–Crippen LogP) is 4.05. The average molecular weight is 555 g/mol. The van der Waals surface area contributed by atoms with Crippen LogP contribution in [-0.2, 0) is 26.2 Å². The highest BCUT2D eigenvalue weighted by atomic mass is 127. The van der Waals surface area contributed by atoms with Crippen molar-refractivity contribution in [2.45, 2.75) is 33.1 Å². The molecule has 0 spiro atoms. The first kappa shape index (κ1) is 24.5. The van der Waals surface area contributed by atoms with Gasteiger partial charge in [-0.05, 0) is 35.2 Å². The van der Waals surface area contributed by atoms with Gasteiger partial charge in [-0.25, -0.2) is 9.98 Å².